The number of benzene rings is 1. The van der Waals surface area contributed by atoms with E-state index in [1.165, 1.54) is 0 Å². The van der Waals surface area contributed by atoms with Crippen LogP contribution in [0.5, 0.6) is 5.75 Å². The Labute approximate surface area is 167 Å². The average Bonchev–Trinajstić information content (AvgIpc) is 3.02. The molecule has 1 aromatic carbocycles. The van der Waals surface area contributed by atoms with Crippen molar-refractivity contribution >= 4 is 5.91 Å². The lowest BCUT2D eigenvalue weighted by atomic mass is 9.78. The smallest absolute Gasteiger partial charge is 0.272 e. The van der Waals surface area contributed by atoms with E-state index in [1.807, 2.05) is 30.1 Å². The fourth-order valence-electron chi connectivity index (χ4n) is 4.66. The van der Waals surface area contributed by atoms with E-state index in [2.05, 4.69) is 30.2 Å². The summed E-state index contributed by atoms with van der Waals surface area (Å²) >= 11 is 0. The number of aryl methyl sites for hydroxylation is 1. The lowest BCUT2D eigenvalue weighted by Crippen LogP contribution is -2.50. The number of hydrogen-bond acceptors (Lipinski definition) is 4. The Balaban J connectivity index is 1.61. The summed E-state index contributed by atoms with van der Waals surface area (Å²) in [5.74, 6) is 1.65. The molecule has 0 radical (unpaired) electrons. The normalized spacial score (nSPS) is 24.7. The van der Waals surface area contributed by atoms with Crippen LogP contribution in [0.15, 0.2) is 36.5 Å². The predicted octanol–water partition coefficient (Wildman–Crippen LogP) is 2.95. The number of fused-ring (bicyclic) bond motifs is 1. The van der Waals surface area contributed by atoms with E-state index in [0.29, 0.717) is 24.7 Å². The molecule has 6 nitrogen and oxygen atoms in total. The van der Waals surface area contributed by atoms with Crippen molar-refractivity contribution in [2.75, 3.05) is 27.2 Å². The monoisotopic (exact) mass is 382 g/mol. The lowest BCUT2D eigenvalue weighted by molar-refractivity contribution is -0.00747. The molecule has 0 atom stereocenters. The largest absolute Gasteiger partial charge is 0.485 e. The van der Waals surface area contributed by atoms with Crippen LogP contribution in [0.1, 0.15) is 41.7 Å². The number of para-hydroxylation sites is 1. The van der Waals surface area contributed by atoms with Crippen LogP contribution in [0.25, 0.3) is 0 Å². The highest BCUT2D eigenvalue weighted by molar-refractivity contribution is 5.92. The van der Waals surface area contributed by atoms with Gasteiger partial charge >= 0.3 is 0 Å². The van der Waals surface area contributed by atoms with Crippen LogP contribution in [0.3, 0.4) is 0 Å². The molecule has 1 aliphatic heterocycles. The van der Waals surface area contributed by atoms with E-state index in [-0.39, 0.29) is 11.5 Å². The molecule has 28 heavy (non-hydrogen) atoms. The molecular weight excluding hydrogens is 352 g/mol. The summed E-state index contributed by atoms with van der Waals surface area (Å²) in [4.78, 5) is 17.5. The molecule has 1 aliphatic carbocycles. The molecule has 0 bridgehead atoms. The minimum Gasteiger partial charge on any atom is -0.485 e. The van der Waals surface area contributed by atoms with Crippen LogP contribution < -0.4 is 4.74 Å². The standard InChI is InChI=1S/C22H30N4O2/c1-24(2)14-17-8-11-22(12-9-17)16-26(21(27)19-10-13-23-25(19)3)15-18-6-4-5-7-20(18)28-22/h4-7,10,13,17H,8-9,11-12,14-16H2,1-3H3. The molecule has 0 saturated heterocycles. The van der Waals surface area contributed by atoms with Gasteiger partial charge in [-0.1, -0.05) is 18.2 Å². The third-order valence-corrected chi connectivity index (χ3v) is 6.11. The summed E-state index contributed by atoms with van der Waals surface area (Å²) in [6, 6.07) is 9.93. The van der Waals surface area contributed by atoms with Crippen molar-refractivity contribution < 1.29 is 9.53 Å². The number of amides is 1. The maximum atomic E-state index is 13.3. The average molecular weight is 383 g/mol. The molecule has 6 heteroatoms. The quantitative estimate of drug-likeness (QED) is 0.819. The summed E-state index contributed by atoms with van der Waals surface area (Å²) in [5.41, 5.74) is 1.39. The predicted molar refractivity (Wildman–Crippen MR) is 108 cm³/mol. The molecule has 1 spiro atoms. The number of ether oxygens (including phenoxy) is 1. The zero-order chi connectivity index (χ0) is 19.7. The van der Waals surface area contributed by atoms with E-state index in [1.54, 1.807) is 16.9 Å². The number of hydrogen-bond donors (Lipinski definition) is 0. The summed E-state index contributed by atoms with van der Waals surface area (Å²) < 4.78 is 8.29. The van der Waals surface area contributed by atoms with Gasteiger partial charge in [0.05, 0.1) is 6.54 Å². The van der Waals surface area contributed by atoms with E-state index in [4.69, 9.17) is 4.74 Å². The highest BCUT2D eigenvalue weighted by Gasteiger charge is 2.42. The minimum atomic E-state index is -0.302. The molecule has 0 unspecified atom stereocenters. The van der Waals surface area contributed by atoms with Crippen LogP contribution in [-0.4, -0.2) is 58.3 Å². The van der Waals surface area contributed by atoms with Gasteiger partial charge in [0.25, 0.3) is 5.91 Å². The third-order valence-electron chi connectivity index (χ3n) is 6.11. The molecule has 2 heterocycles. The van der Waals surface area contributed by atoms with Gasteiger partial charge in [0, 0.05) is 31.9 Å². The Morgan fingerprint density at radius 1 is 1.25 bits per heavy atom. The van der Waals surface area contributed by atoms with Crippen molar-refractivity contribution in [3.63, 3.8) is 0 Å². The maximum Gasteiger partial charge on any atom is 0.272 e. The highest BCUT2D eigenvalue weighted by atomic mass is 16.5. The van der Waals surface area contributed by atoms with Gasteiger partial charge in [-0.05, 0) is 57.8 Å². The first-order chi connectivity index (χ1) is 13.5. The SMILES string of the molecule is CN(C)CC1CCC2(CC1)CN(C(=O)c1ccnn1C)Cc1ccccc1O2. The summed E-state index contributed by atoms with van der Waals surface area (Å²) in [6.07, 6.45) is 5.91. The van der Waals surface area contributed by atoms with Gasteiger partial charge in [0.15, 0.2) is 0 Å². The minimum absolute atomic E-state index is 0.0232. The van der Waals surface area contributed by atoms with Crippen LogP contribution in [0, 0.1) is 5.92 Å². The van der Waals surface area contributed by atoms with Gasteiger partial charge in [-0.3, -0.25) is 9.48 Å². The van der Waals surface area contributed by atoms with Crippen molar-refractivity contribution in [2.45, 2.75) is 37.8 Å². The van der Waals surface area contributed by atoms with Gasteiger partial charge < -0.3 is 14.5 Å². The first-order valence-electron chi connectivity index (χ1n) is 10.1. The van der Waals surface area contributed by atoms with Crippen molar-refractivity contribution in [1.29, 1.82) is 0 Å². The van der Waals surface area contributed by atoms with Crippen molar-refractivity contribution in [3.8, 4) is 5.75 Å². The highest BCUT2D eigenvalue weighted by Crippen LogP contribution is 2.40. The molecule has 1 saturated carbocycles. The molecule has 1 fully saturated rings. The molecule has 1 aromatic heterocycles. The van der Waals surface area contributed by atoms with E-state index in [0.717, 1.165) is 43.5 Å². The summed E-state index contributed by atoms with van der Waals surface area (Å²) in [5, 5.41) is 4.18. The Morgan fingerprint density at radius 3 is 2.68 bits per heavy atom. The molecular formula is C22H30N4O2. The van der Waals surface area contributed by atoms with Crippen LogP contribution >= 0.6 is 0 Å². The van der Waals surface area contributed by atoms with Crippen LogP contribution in [0.4, 0.5) is 0 Å². The second-order valence-corrected chi connectivity index (χ2v) is 8.60. The van der Waals surface area contributed by atoms with Gasteiger partial charge in [0.1, 0.15) is 17.0 Å². The topological polar surface area (TPSA) is 50.6 Å². The molecule has 0 N–H and O–H groups in total. The van der Waals surface area contributed by atoms with Crippen molar-refractivity contribution in [1.82, 2.24) is 19.6 Å². The second kappa shape index (κ2) is 7.59. The molecule has 150 valence electrons. The number of aromatic nitrogens is 2. The number of carbonyl (C=O) groups is 1. The van der Waals surface area contributed by atoms with E-state index in [9.17, 15) is 4.79 Å². The van der Waals surface area contributed by atoms with Gasteiger partial charge in [-0.25, -0.2) is 0 Å². The van der Waals surface area contributed by atoms with Gasteiger partial charge in [-0.15, -0.1) is 0 Å². The molecule has 4 rings (SSSR count). The van der Waals surface area contributed by atoms with Crippen molar-refractivity contribution in [3.05, 3.63) is 47.8 Å². The number of rotatable bonds is 3. The van der Waals surface area contributed by atoms with Gasteiger partial charge in [0.2, 0.25) is 0 Å². The third kappa shape index (κ3) is 3.78. The van der Waals surface area contributed by atoms with E-state index < -0.39 is 0 Å². The zero-order valence-electron chi connectivity index (χ0n) is 17.1. The van der Waals surface area contributed by atoms with Crippen LogP contribution in [0.2, 0.25) is 0 Å². The number of carbonyl (C=O) groups excluding carboxylic acids is 1. The molecule has 2 aliphatic rings. The first kappa shape index (κ1) is 19.0. The van der Waals surface area contributed by atoms with Gasteiger partial charge in [-0.2, -0.15) is 5.10 Å². The lowest BCUT2D eigenvalue weighted by Gasteiger charge is -2.42. The Morgan fingerprint density at radius 2 is 2.00 bits per heavy atom. The Hall–Kier alpha value is -2.34. The fourth-order valence-corrected chi connectivity index (χ4v) is 4.66. The molecule has 1 amide bonds. The zero-order valence-corrected chi connectivity index (χ0v) is 17.1. The van der Waals surface area contributed by atoms with E-state index >= 15 is 0 Å². The maximum absolute atomic E-state index is 13.3. The van der Waals surface area contributed by atoms with Crippen LogP contribution in [-0.2, 0) is 13.6 Å². The Kier molecular flexibility index (Phi) is 5.15. The second-order valence-electron chi connectivity index (χ2n) is 8.60. The fraction of sp³-hybridized carbons (Fsp3) is 0.545. The molecule has 2 aromatic rings. The Bertz CT molecular complexity index is 837. The summed E-state index contributed by atoms with van der Waals surface area (Å²) in [6.45, 7) is 2.31. The first-order valence-corrected chi connectivity index (χ1v) is 10.1. The number of nitrogens with zero attached hydrogens (tertiary/aromatic N) is 4. The van der Waals surface area contributed by atoms with Crippen molar-refractivity contribution in [2.24, 2.45) is 13.0 Å². The summed E-state index contributed by atoms with van der Waals surface area (Å²) in [7, 11) is 6.09.